The number of nitrogens with zero attached hydrogens (tertiary/aromatic N) is 5. The van der Waals surface area contributed by atoms with Crippen LogP contribution in [-0.2, 0) is 6.54 Å². The molecule has 0 fully saturated rings. The van der Waals surface area contributed by atoms with Gasteiger partial charge in [-0.3, -0.25) is 4.98 Å². The van der Waals surface area contributed by atoms with Gasteiger partial charge in [-0.25, -0.2) is 15.0 Å². The smallest absolute Gasteiger partial charge is 0.208 e. The molecular formula is C19H17N7OS2. The molecule has 146 valence electrons. The van der Waals surface area contributed by atoms with Crippen LogP contribution in [0.4, 0.5) is 10.9 Å². The van der Waals surface area contributed by atoms with Crippen molar-refractivity contribution in [1.29, 1.82) is 0 Å². The molecule has 29 heavy (non-hydrogen) atoms. The van der Waals surface area contributed by atoms with Gasteiger partial charge in [0.05, 0.1) is 12.2 Å². The Kier molecular flexibility index (Phi) is 5.94. The maximum atomic E-state index is 6.13. The number of hydrogen-bond acceptors (Lipinski definition) is 10. The van der Waals surface area contributed by atoms with E-state index < -0.39 is 0 Å². The standard InChI is InChI=1S/C19H17N7OS2/c1-12-14(5-4-8-21-12)27-15-9-13(28-17-6-2-3-7-22-17)11-23-18(15)25-19-24-16(10-20)26-29-19/h2-9,11H,10,20H2,1H3,(H,23,24,25,26). The van der Waals surface area contributed by atoms with Gasteiger partial charge in [-0.2, -0.15) is 4.37 Å². The highest BCUT2D eigenvalue weighted by atomic mass is 32.2. The summed E-state index contributed by atoms with van der Waals surface area (Å²) in [6.07, 6.45) is 5.24. The third-order valence-corrected chi connectivity index (χ3v) is 5.32. The molecule has 0 aliphatic rings. The van der Waals surface area contributed by atoms with E-state index in [9.17, 15) is 0 Å². The highest BCUT2D eigenvalue weighted by Crippen LogP contribution is 2.36. The van der Waals surface area contributed by atoms with Crippen LogP contribution in [-0.4, -0.2) is 24.3 Å². The molecule has 0 aromatic carbocycles. The molecule has 0 spiro atoms. The molecule has 8 nitrogen and oxygen atoms in total. The Balaban J connectivity index is 1.66. The topological polar surface area (TPSA) is 112 Å². The van der Waals surface area contributed by atoms with Gasteiger partial charge in [-0.1, -0.05) is 17.8 Å². The van der Waals surface area contributed by atoms with Crippen molar-refractivity contribution in [2.45, 2.75) is 23.4 Å². The second-order valence-electron chi connectivity index (χ2n) is 5.82. The van der Waals surface area contributed by atoms with Gasteiger partial charge >= 0.3 is 0 Å². The summed E-state index contributed by atoms with van der Waals surface area (Å²) in [7, 11) is 0. The van der Waals surface area contributed by atoms with Gasteiger partial charge in [0.15, 0.2) is 17.4 Å². The number of ether oxygens (including phenoxy) is 1. The Labute approximate surface area is 175 Å². The third-order valence-electron chi connectivity index (χ3n) is 3.74. The first-order chi connectivity index (χ1) is 14.2. The van der Waals surface area contributed by atoms with Gasteiger partial charge in [0, 0.05) is 41.1 Å². The minimum Gasteiger partial charge on any atom is -0.452 e. The Hall–Kier alpha value is -3.08. The Morgan fingerprint density at radius 2 is 2.00 bits per heavy atom. The molecule has 10 heteroatoms. The van der Waals surface area contributed by atoms with Crippen LogP contribution in [0.1, 0.15) is 11.5 Å². The van der Waals surface area contributed by atoms with Crippen LogP contribution in [0.25, 0.3) is 0 Å². The van der Waals surface area contributed by atoms with E-state index in [0.29, 0.717) is 28.3 Å². The van der Waals surface area contributed by atoms with Crippen molar-refractivity contribution in [2.24, 2.45) is 5.73 Å². The van der Waals surface area contributed by atoms with E-state index in [4.69, 9.17) is 10.5 Å². The van der Waals surface area contributed by atoms with Crippen LogP contribution in [0, 0.1) is 6.92 Å². The van der Waals surface area contributed by atoms with Gasteiger partial charge in [-0.05, 0) is 31.2 Å². The highest BCUT2D eigenvalue weighted by molar-refractivity contribution is 7.99. The van der Waals surface area contributed by atoms with Crippen LogP contribution in [0.5, 0.6) is 11.5 Å². The fourth-order valence-corrected chi connectivity index (χ4v) is 3.74. The lowest BCUT2D eigenvalue weighted by molar-refractivity contribution is 0.474. The fraction of sp³-hybridized carbons (Fsp3) is 0.105. The Bertz CT molecular complexity index is 1100. The summed E-state index contributed by atoms with van der Waals surface area (Å²) >= 11 is 2.72. The van der Waals surface area contributed by atoms with E-state index >= 15 is 0 Å². The minimum atomic E-state index is 0.281. The average molecular weight is 424 g/mol. The fourth-order valence-electron chi connectivity index (χ4n) is 2.37. The van der Waals surface area contributed by atoms with Crippen LogP contribution < -0.4 is 15.8 Å². The first-order valence-corrected chi connectivity index (χ1v) is 10.3. The summed E-state index contributed by atoms with van der Waals surface area (Å²) in [5.74, 6) is 2.30. The number of hydrogen-bond donors (Lipinski definition) is 2. The van der Waals surface area contributed by atoms with Crippen molar-refractivity contribution >= 4 is 34.2 Å². The van der Waals surface area contributed by atoms with Gasteiger partial charge in [0.25, 0.3) is 0 Å². The molecule has 4 aromatic heterocycles. The molecule has 0 bridgehead atoms. The van der Waals surface area contributed by atoms with Crippen LogP contribution in [0.3, 0.4) is 0 Å². The first-order valence-electron chi connectivity index (χ1n) is 8.69. The summed E-state index contributed by atoms with van der Waals surface area (Å²) in [4.78, 5) is 18.4. The number of pyridine rings is 3. The molecule has 4 rings (SSSR count). The summed E-state index contributed by atoms with van der Waals surface area (Å²) in [5.41, 5.74) is 6.38. The van der Waals surface area contributed by atoms with Crippen molar-refractivity contribution < 1.29 is 4.74 Å². The molecule has 3 N–H and O–H groups in total. The molecule has 0 saturated carbocycles. The van der Waals surface area contributed by atoms with E-state index in [1.165, 1.54) is 23.3 Å². The number of nitrogens with one attached hydrogen (secondary N) is 1. The number of rotatable bonds is 7. The van der Waals surface area contributed by atoms with E-state index in [1.54, 1.807) is 18.6 Å². The summed E-state index contributed by atoms with van der Waals surface area (Å²) < 4.78 is 10.3. The van der Waals surface area contributed by atoms with Crippen molar-refractivity contribution in [3.63, 3.8) is 0 Å². The SMILES string of the molecule is Cc1ncccc1Oc1cc(Sc2ccccn2)cnc1Nc1nc(CN)ns1. The van der Waals surface area contributed by atoms with Gasteiger partial charge in [0.1, 0.15) is 10.8 Å². The van der Waals surface area contributed by atoms with E-state index in [0.717, 1.165) is 15.6 Å². The van der Waals surface area contributed by atoms with Crippen molar-refractivity contribution in [1.82, 2.24) is 24.3 Å². The van der Waals surface area contributed by atoms with E-state index in [-0.39, 0.29) is 6.54 Å². The normalized spacial score (nSPS) is 10.7. The quantitative estimate of drug-likeness (QED) is 0.452. The summed E-state index contributed by atoms with van der Waals surface area (Å²) in [6, 6.07) is 11.4. The molecule has 0 amide bonds. The van der Waals surface area contributed by atoms with Crippen molar-refractivity contribution in [3.05, 3.63) is 66.5 Å². The molecule has 4 aromatic rings. The lowest BCUT2D eigenvalue weighted by Crippen LogP contribution is -2.00. The third kappa shape index (κ3) is 4.86. The number of nitrogens with two attached hydrogens (primary N) is 1. The Morgan fingerprint density at radius 1 is 1.10 bits per heavy atom. The monoisotopic (exact) mass is 423 g/mol. The van der Waals surface area contributed by atoms with Gasteiger partial charge in [0.2, 0.25) is 5.13 Å². The second-order valence-corrected chi connectivity index (χ2v) is 7.67. The van der Waals surface area contributed by atoms with Crippen LogP contribution >= 0.6 is 23.3 Å². The zero-order valence-corrected chi connectivity index (χ0v) is 17.1. The van der Waals surface area contributed by atoms with Crippen molar-refractivity contribution in [3.8, 4) is 11.5 Å². The van der Waals surface area contributed by atoms with E-state index in [2.05, 4.69) is 29.6 Å². The maximum Gasteiger partial charge on any atom is 0.208 e. The highest BCUT2D eigenvalue weighted by Gasteiger charge is 2.13. The predicted octanol–water partition coefficient (Wildman–Crippen LogP) is 4.18. The minimum absolute atomic E-state index is 0.281. The largest absolute Gasteiger partial charge is 0.452 e. The molecule has 0 saturated heterocycles. The summed E-state index contributed by atoms with van der Waals surface area (Å²) in [5, 5.41) is 4.63. The van der Waals surface area contributed by atoms with Gasteiger partial charge < -0.3 is 15.8 Å². The summed E-state index contributed by atoms with van der Waals surface area (Å²) in [6.45, 7) is 2.17. The second kappa shape index (κ2) is 8.95. The molecule has 0 unspecified atom stereocenters. The molecular weight excluding hydrogens is 406 g/mol. The molecule has 4 heterocycles. The molecule has 0 atom stereocenters. The Morgan fingerprint density at radius 3 is 2.76 bits per heavy atom. The lowest BCUT2D eigenvalue weighted by Gasteiger charge is -2.13. The maximum absolute atomic E-state index is 6.13. The number of anilines is 2. The van der Waals surface area contributed by atoms with E-state index in [1.807, 2.05) is 43.3 Å². The van der Waals surface area contributed by atoms with Gasteiger partial charge in [-0.15, -0.1) is 0 Å². The zero-order valence-electron chi connectivity index (χ0n) is 15.4. The lowest BCUT2D eigenvalue weighted by atomic mass is 10.3. The molecule has 0 aliphatic carbocycles. The molecule has 0 radical (unpaired) electrons. The van der Waals surface area contributed by atoms with Crippen LogP contribution in [0.15, 0.2) is 64.9 Å². The predicted molar refractivity (Wildman–Crippen MR) is 113 cm³/mol. The molecule has 0 aliphatic heterocycles. The first kappa shape index (κ1) is 19.2. The number of aromatic nitrogens is 5. The zero-order chi connectivity index (χ0) is 20.1. The van der Waals surface area contributed by atoms with Crippen molar-refractivity contribution in [2.75, 3.05) is 5.32 Å². The van der Waals surface area contributed by atoms with Crippen LogP contribution in [0.2, 0.25) is 0 Å². The average Bonchev–Trinajstić information content (AvgIpc) is 3.20. The number of aryl methyl sites for hydroxylation is 1.